The summed E-state index contributed by atoms with van der Waals surface area (Å²) in [4.78, 5) is 1.14. The SMILES string of the molecule is NC(c1ccc(Cl)s1)C1CCOc2ccccc21. The molecule has 2 N–H and O–H groups in total. The number of benzene rings is 1. The Morgan fingerprint density at radius 1 is 1.28 bits per heavy atom. The summed E-state index contributed by atoms with van der Waals surface area (Å²) in [6.07, 6.45) is 0.952. The number of para-hydroxylation sites is 1. The molecule has 1 aromatic carbocycles. The molecule has 1 aliphatic heterocycles. The Bertz CT molecular complexity index is 554. The number of halogens is 1. The molecule has 0 radical (unpaired) electrons. The van der Waals surface area contributed by atoms with Crippen LogP contribution in [-0.2, 0) is 0 Å². The van der Waals surface area contributed by atoms with Crippen LogP contribution in [0.25, 0.3) is 0 Å². The first-order valence-corrected chi connectivity index (χ1v) is 7.17. The zero-order valence-electron chi connectivity index (χ0n) is 9.80. The average Bonchev–Trinajstić information content (AvgIpc) is 2.84. The van der Waals surface area contributed by atoms with Gasteiger partial charge in [0, 0.05) is 16.8 Å². The van der Waals surface area contributed by atoms with E-state index in [2.05, 4.69) is 6.07 Å². The minimum absolute atomic E-state index is 0.00690. The first kappa shape index (κ1) is 12.0. The lowest BCUT2D eigenvalue weighted by Crippen LogP contribution is -2.24. The van der Waals surface area contributed by atoms with E-state index in [1.54, 1.807) is 11.3 Å². The number of fused-ring (bicyclic) bond motifs is 1. The summed E-state index contributed by atoms with van der Waals surface area (Å²) in [5.74, 6) is 1.27. The van der Waals surface area contributed by atoms with Gasteiger partial charge in [0.05, 0.1) is 10.9 Å². The highest BCUT2D eigenvalue weighted by atomic mass is 35.5. The summed E-state index contributed by atoms with van der Waals surface area (Å²) >= 11 is 7.55. The van der Waals surface area contributed by atoms with E-state index in [9.17, 15) is 0 Å². The van der Waals surface area contributed by atoms with Crippen LogP contribution in [0, 0.1) is 0 Å². The van der Waals surface area contributed by atoms with Crippen LogP contribution in [0.1, 0.15) is 28.8 Å². The molecule has 0 saturated heterocycles. The number of rotatable bonds is 2. The van der Waals surface area contributed by atoms with Gasteiger partial charge in [-0.1, -0.05) is 29.8 Å². The molecule has 2 aromatic rings. The van der Waals surface area contributed by atoms with Gasteiger partial charge < -0.3 is 10.5 Å². The van der Waals surface area contributed by atoms with Gasteiger partial charge in [-0.15, -0.1) is 11.3 Å². The Hall–Kier alpha value is -1.03. The Morgan fingerprint density at radius 2 is 2.11 bits per heavy atom. The molecule has 94 valence electrons. The summed E-state index contributed by atoms with van der Waals surface area (Å²) in [5, 5.41) is 0. The molecule has 0 aliphatic carbocycles. The molecule has 0 saturated carbocycles. The topological polar surface area (TPSA) is 35.2 Å². The number of hydrogen-bond donors (Lipinski definition) is 1. The van der Waals surface area contributed by atoms with Crippen LogP contribution in [0.3, 0.4) is 0 Å². The van der Waals surface area contributed by atoms with E-state index in [1.807, 2.05) is 30.3 Å². The summed E-state index contributed by atoms with van der Waals surface area (Å²) in [6.45, 7) is 0.731. The van der Waals surface area contributed by atoms with Crippen molar-refractivity contribution in [1.82, 2.24) is 0 Å². The maximum absolute atomic E-state index is 6.39. The van der Waals surface area contributed by atoms with Crippen molar-refractivity contribution in [2.75, 3.05) is 6.61 Å². The predicted molar refractivity (Wildman–Crippen MR) is 75.6 cm³/mol. The van der Waals surface area contributed by atoms with Gasteiger partial charge in [-0.2, -0.15) is 0 Å². The molecule has 1 aromatic heterocycles. The van der Waals surface area contributed by atoms with Crippen LogP contribution in [0.15, 0.2) is 36.4 Å². The van der Waals surface area contributed by atoms with E-state index in [0.29, 0.717) is 5.92 Å². The molecule has 2 heterocycles. The summed E-state index contributed by atoms with van der Waals surface area (Å²) in [6, 6.07) is 12.1. The molecule has 0 bridgehead atoms. The second-order valence-corrected chi connectivity index (χ2v) is 6.20. The third-order valence-corrected chi connectivity index (χ3v) is 4.69. The highest BCUT2D eigenvalue weighted by molar-refractivity contribution is 7.16. The molecule has 0 amide bonds. The highest BCUT2D eigenvalue weighted by Crippen LogP contribution is 2.42. The van der Waals surface area contributed by atoms with Crippen LogP contribution in [0.4, 0.5) is 0 Å². The molecule has 18 heavy (non-hydrogen) atoms. The molecule has 2 unspecified atom stereocenters. The second kappa shape index (κ2) is 4.92. The first-order chi connectivity index (χ1) is 8.75. The van der Waals surface area contributed by atoms with Crippen LogP contribution < -0.4 is 10.5 Å². The lowest BCUT2D eigenvalue weighted by Gasteiger charge is -2.29. The molecule has 2 nitrogen and oxygen atoms in total. The average molecular weight is 280 g/mol. The fraction of sp³-hybridized carbons (Fsp3) is 0.286. The fourth-order valence-corrected chi connectivity index (χ4v) is 3.58. The van der Waals surface area contributed by atoms with Crippen LogP contribution >= 0.6 is 22.9 Å². The molecule has 1 aliphatic rings. The summed E-state index contributed by atoms with van der Waals surface area (Å²) in [7, 11) is 0. The lowest BCUT2D eigenvalue weighted by molar-refractivity contribution is 0.256. The fourth-order valence-electron chi connectivity index (χ4n) is 2.45. The van der Waals surface area contributed by atoms with Crippen molar-refractivity contribution in [3.63, 3.8) is 0 Å². The minimum atomic E-state index is -0.00690. The zero-order valence-corrected chi connectivity index (χ0v) is 11.4. The van der Waals surface area contributed by atoms with E-state index >= 15 is 0 Å². The maximum atomic E-state index is 6.39. The zero-order chi connectivity index (χ0) is 12.5. The van der Waals surface area contributed by atoms with Crippen molar-refractivity contribution in [2.45, 2.75) is 18.4 Å². The van der Waals surface area contributed by atoms with Crippen molar-refractivity contribution < 1.29 is 4.74 Å². The summed E-state index contributed by atoms with van der Waals surface area (Å²) in [5.41, 5.74) is 7.60. The van der Waals surface area contributed by atoms with Gasteiger partial charge in [0.2, 0.25) is 0 Å². The highest BCUT2D eigenvalue weighted by Gasteiger charge is 2.28. The molecule has 3 rings (SSSR count). The smallest absolute Gasteiger partial charge is 0.122 e. The normalized spacial score (nSPS) is 20.0. The molecule has 2 atom stereocenters. The lowest BCUT2D eigenvalue weighted by atomic mass is 9.86. The van der Waals surface area contributed by atoms with Crippen molar-refractivity contribution in [3.05, 3.63) is 51.2 Å². The Labute approximate surface area is 115 Å². The van der Waals surface area contributed by atoms with E-state index in [-0.39, 0.29) is 6.04 Å². The largest absolute Gasteiger partial charge is 0.493 e. The number of ether oxygens (including phenoxy) is 1. The van der Waals surface area contributed by atoms with Crippen molar-refractivity contribution in [2.24, 2.45) is 5.73 Å². The van der Waals surface area contributed by atoms with Gasteiger partial charge in [-0.25, -0.2) is 0 Å². The number of nitrogens with two attached hydrogens (primary N) is 1. The third-order valence-electron chi connectivity index (χ3n) is 3.36. The standard InChI is InChI=1S/C14H14ClNOS/c15-13-6-5-12(18-13)14(16)10-7-8-17-11-4-2-1-3-9(10)11/h1-6,10,14H,7-8,16H2. The van der Waals surface area contributed by atoms with Crippen molar-refractivity contribution in [1.29, 1.82) is 0 Å². The maximum Gasteiger partial charge on any atom is 0.122 e. The van der Waals surface area contributed by atoms with Gasteiger partial charge in [-0.3, -0.25) is 0 Å². The first-order valence-electron chi connectivity index (χ1n) is 5.98. The van der Waals surface area contributed by atoms with Crippen molar-refractivity contribution >= 4 is 22.9 Å². The number of hydrogen-bond acceptors (Lipinski definition) is 3. The molecule has 4 heteroatoms. The van der Waals surface area contributed by atoms with E-state index in [0.717, 1.165) is 28.0 Å². The van der Waals surface area contributed by atoms with E-state index < -0.39 is 0 Å². The quantitative estimate of drug-likeness (QED) is 0.903. The molecular formula is C14H14ClNOS. The third kappa shape index (κ3) is 2.14. The van der Waals surface area contributed by atoms with Crippen LogP contribution in [0.5, 0.6) is 5.75 Å². The Morgan fingerprint density at radius 3 is 2.89 bits per heavy atom. The molecule has 0 spiro atoms. The molecular weight excluding hydrogens is 266 g/mol. The molecule has 0 fully saturated rings. The van der Waals surface area contributed by atoms with Gasteiger partial charge in [-0.05, 0) is 30.2 Å². The summed E-state index contributed by atoms with van der Waals surface area (Å²) < 4.78 is 6.46. The van der Waals surface area contributed by atoms with E-state index in [1.165, 1.54) is 5.56 Å². The van der Waals surface area contributed by atoms with Crippen LogP contribution in [0.2, 0.25) is 4.34 Å². The Balaban J connectivity index is 1.94. The van der Waals surface area contributed by atoms with Gasteiger partial charge in [0.15, 0.2) is 0 Å². The van der Waals surface area contributed by atoms with Crippen molar-refractivity contribution in [3.8, 4) is 5.75 Å². The van der Waals surface area contributed by atoms with Gasteiger partial charge >= 0.3 is 0 Å². The van der Waals surface area contributed by atoms with Crippen LogP contribution in [-0.4, -0.2) is 6.61 Å². The Kier molecular flexibility index (Phi) is 3.29. The minimum Gasteiger partial charge on any atom is -0.493 e. The monoisotopic (exact) mass is 279 g/mol. The van der Waals surface area contributed by atoms with Gasteiger partial charge in [0.1, 0.15) is 5.75 Å². The predicted octanol–water partition coefficient (Wildman–Crippen LogP) is 3.97. The van der Waals surface area contributed by atoms with E-state index in [4.69, 9.17) is 22.1 Å². The number of thiophene rings is 1. The van der Waals surface area contributed by atoms with Gasteiger partial charge in [0.25, 0.3) is 0 Å². The second-order valence-electron chi connectivity index (χ2n) is 4.45.